The van der Waals surface area contributed by atoms with E-state index in [9.17, 15) is 14.3 Å². The second-order valence-electron chi connectivity index (χ2n) is 6.91. The Kier molecular flexibility index (Phi) is 5.54. The van der Waals surface area contributed by atoms with Crippen LogP contribution in [0.5, 0.6) is 5.75 Å². The third-order valence-corrected chi connectivity index (χ3v) is 4.99. The molecule has 2 aromatic carbocycles. The summed E-state index contributed by atoms with van der Waals surface area (Å²) in [5.74, 6) is -0.0281. The van der Waals surface area contributed by atoms with Crippen molar-refractivity contribution in [3.05, 3.63) is 89.3 Å². The predicted octanol–water partition coefficient (Wildman–Crippen LogP) is 4.42. The van der Waals surface area contributed by atoms with E-state index in [4.69, 9.17) is 9.15 Å². The molecule has 4 aromatic rings. The molecule has 0 atom stereocenters. The Morgan fingerprint density at radius 3 is 2.73 bits per heavy atom. The van der Waals surface area contributed by atoms with E-state index in [1.165, 1.54) is 12.1 Å². The molecule has 0 saturated carbocycles. The number of furan rings is 1. The number of nitrogens with one attached hydrogen (secondary N) is 1. The lowest BCUT2D eigenvalue weighted by Crippen LogP contribution is -2.17. The Bertz CT molecular complexity index is 1180. The third kappa shape index (κ3) is 3.92. The van der Waals surface area contributed by atoms with Crippen LogP contribution < -0.4 is 10.1 Å². The fraction of sp³-hybridized carbons (Fsp3) is 0.174. The molecule has 0 aliphatic heterocycles. The molecule has 0 saturated heterocycles. The van der Waals surface area contributed by atoms with Gasteiger partial charge >= 0.3 is 5.97 Å². The third-order valence-electron chi connectivity index (χ3n) is 4.99. The Morgan fingerprint density at radius 2 is 2.03 bits per heavy atom. The molecular weight excluding hydrogens is 387 g/mol. The molecule has 0 aliphatic carbocycles. The van der Waals surface area contributed by atoms with Gasteiger partial charge in [0.15, 0.2) is 0 Å². The predicted molar refractivity (Wildman–Crippen MR) is 110 cm³/mol. The average molecular weight is 408 g/mol. The van der Waals surface area contributed by atoms with Gasteiger partial charge < -0.3 is 24.1 Å². The summed E-state index contributed by atoms with van der Waals surface area (Å²) in [6, 6.07) is 15.3. The first-order valence-electron chi connectivity index (χ1n) is 9.46. The summed E-state index contributed by atoms with van der Waals surface area (Å²) >= 11 is 0. The topological polar surface area (TPSA) is 76.6 Å². The number of aromatic nitrogens is 1. The van der Waals surface area contributed by atoms with Gasteiger partial charge in [0.05, 0.1) is 25.4 Å². The summed E-state index contributed by atoms with van der Waals surface area (Å²) in [6.45, 7) is 1.03. The molecule has 0 radical (unpaired) electrons. The normalized spacial score (nSPS) is 11.1. The quantitative estimate of drug-likeness (QED) is 0.451. The molecule has 4 rings (SSSR count). The maximum atomic E-state index is 13.7. The molecule has 7 heteroatoms. The fourth-order valence-corrected chi connectivity index (χ4v) is 3.66. The molecule has 154 valence electrons. The van der Waals surface area contributed by atoms with Gasteiger partial charge in [0.25, 0.3) is 0 Å². The molecule has 2 heterocycles. The highest BCUT2D eigenvalue weighted by Crippen LogP contribution is 2.31. The molecular formula is C23H21FN2O4. The number of hydrogen-bond acceptors (Lipinski definition) is 4. The largest absolute Gasteiger partial charge is 0.497 e. The van der Waals surface area contributed by atoms with E-state index in [1.807, 2.05) is 12.1 Å². The number of aromatic carboxylic acids is 1. The van der Waals surface area contributed by atoms with Crippen molar-refractivity contribution in [1.82, 2.24) is 9.88 Å². The van der Waals surface area contributed by atoms with Crippen LogP contribution in [0.25, 0.3) is 10.9 Å². The zero-order valence-corrected chi connectivity index (χ0v) is 16.4. The minimum atomic E-state index is -1.05. The number of methoxy groups -OCH3 is 1. The SMILES string of the molecule is COc1ccc2c(CNCc3ccco3)c(C(=O)O)n(Cc3cccc(F)c3)c2c1. The summed E-state index contributed by atoms with van der Waals surface area (Å²) in [5.41, 5.74) is 2.20. The van der Waals surface area contributed by atoms with Crippen molar-refractivity contribution < 1.29 is 23.4 Å². The van der Waals surface area contributed by atoms with Crippen molar-refractivity contribution >= 4 is 16.9 Å². The second kappa shape index (κ2) is 8.42. The van der Waals surface area contributed by atoms with Crippen LogP contribution in [0.3, 0.4) is 0 Å². The van der Waals surface area contributed by atoms with Gasteiger partial charge in [-0.25, -0.2) is 9.18 Å². The summed E-state index contributed by atoms with van der Waals surface area (Å²) in [5, 5.41) is 14.1. The number of carboxylic acids is 1. The first-order chi connectivity index (χ1) is 14.6. The van der Waals surface area contributed by atoms with Crippen molar-refractivity contribution in [3.63, 3.8) is 0 Å². The number of fused-ring (bicyclic) bond motifs is 1. The van der Waals surface area contributed by atoms with E-state index in [-0.39, 0.29) is 18.1 Å². The summed E-state index contributed by atoms with van der Waals surface area (Å²) in [7, 11) is 1.56. The van der Waals surface area contributed by atoms with Crippen LogP contribution in [0.4, 0.5) is 4.39 Å². The Labute approximate surface area is 172 Å². The smallest absolute Gasteiger partial charge is 0.352 e. The van der Waals surface area contributed by atoms with Gasteiger partial charge in [0.1, 0.15) is 23.0 Å². The van der Waals surface area contributed by atoms with Gasteiger partial charge in [-0.3, -0.25) is 0 Å². The van der Waals surface area contributed by atoms with Crippen molar-refractivity contribution in [2.45, 2.75) is 19.6 Å². The molecule has 0 spiro atoms. The van der Waals surface area contributed by atoms with E-state index in [0.717, 1.165) is 11.1 Å². The molecule has 2 aromatic heterocycles. The molecule has 0 fully saturated rings. The molecule has 30 heavy (non-hydrogen) atoms. The number of benzene rings is 2. The fourth-order valence-electron chi connectivity index (χ4n) is 3.66. The average Bonchev–Trinajstić information content (AvgIpc) is 3.34. The number of carbonyl (C=O) groups is 1. The molecule has 0 amide bonds. The Balaban J connectivity index is 1.78. The number of rotatable bonds is 8. The summed E-state index contributed by atoms with van der Waals surface area (Å²) in [6.07, 6.45) is 1.59. The van der Waals surface area contributed by atoms with Gasteiger partial charge in [-0.2, -0.15) is 0 Å². The van der Waals surface area contributed by atoms with Gasteiger partial charge in [0, 0.05) is 30.1 Å². The number of nitrogens with zero attached hydrogens (tertiary/aromatic N) is 1. The Morgan fingerprint density at radius 1 is 1.17 bits per heavy atom. The monoisotopic (exact) mass is 408 g/mol. The zero-order chi connectivity index (χ0) is 21.1. The minimum Gasteiger partial charge on any atom is -0.497 e. The second-order valence-corrected chi connectivity index (χ2v) is 6.91. The maximum absolute atomic E-state index is 13.7. The summed E-state index contributed by atoms with van der Waals surface area (Å²) in [4.78, 5) is 12.2. The number of carboxylic acid groups (broad SMARTS) is 1. The van der Waals surface area contributed by atoms with E-state index >= 15 is 0 Å². The van der Waals surface area contributed by atoms with Crippen LogP contribution in [-0.4, -0.2) is 22.8 Å². The first-order valence-corrected chi connectivity index (χ1v) is 9.46. The lowest BCUT2D eigenvalue weighted by molar-refractivity contribution is 0.0684. The van der Waals surface area contributed by atoms with Crippen molar-refractivity contribution in [2.24, 2.45) is 0 Å². The van der Waals surface area contributed by atoms with Crippen LogP contribution in [0.2, 0.25) is 0 Å². The van der Waals surface area contributed by atoms with E-state index in [2.05, 4.69) is 5.32 Å². The molecule has 0 bridgehead atoms. The molecule has 0 aliphatic rings. The number of ether oxygens (including phenoxy) is 1. The van der Waals surface area contributed by atoms with Crippen molar-refractivity contribution in [2.75, 3.05) is 7.11 Å². The summed E-state index contributed by atoms with van der Waals surface area (Å²) < 4.78 is 26.1. The maximum Gasteiger partial charge on any atom is 0.352 e. The van der Waals surface area contributed by atoms with E-state index in [0.29, 0.717) is 35.5 Å². The lowest BCUT2D eigenvalue weighted by Gasteiger charge is -2.10. The molecule has 0 unspecified atom stereocenters. The van der Waals surface area contributed by atoms with Crippen molar-refractivity contribution in [1.29, 1.82) is 0 Å². The highest BCUT2D eigenvalue weighted by Gasteiger charge is 2.23. The van der Waals surface area contributed by atoms with Gasteiger partial charge in [0.2, 0.25) is 0 Å². The van der Waals surface area contributed by atoms with Crippen LogP contribution in [0.1, 0.15) is 27.4 Å². The Hall–Kier alpha value is -3.58. The minimum absolute atomic E-state index is 0.162. The van der Waals surface area contributed by atoms with Crippen molar-refractivity contribution in [3.8, 4) is 5.75 Å². The highest BCUT2D eigenvalue weighted by molar-refractivity contribution is 5.98. The molecule has 2 N–H and O–H groups in total. The van der Waals surface area contributed by atoms with Crippen LogP contribution in [0, 0.1) is 5.82 Å². The highest BCUT2D eigenvalue weighted by atomic mass is 19.1. The number of halogens is 1. The van der Waals surface area contributed by atoms with Crippen LogP contribution in [0.15, 0.2) is 65.3 Å². The first kappa shape index (κ1) is 19.7. The van der Waals surface area contributed by atoms with Crippen LogP contribution >= 0.6 is 0 Å². The lowest BCUT2D eigenvalue weighted by atomic mass is 10.1. The van der Waals surface area contributed by atoms with Crippen LogP contribution in [-0.2, 0) is 19.6 Å². The van der Waals surface area contributed by atoms with Gasteiger partial charge in [-0.15, -0.1) is 0 Å². The zero-order valence-electron chi connectivity index (χ0n) is 16.4. The van der Waals surface area contributed by atoms with E-state index in [1.54, 1.807) is 48.3 Å². The number of hydrogen-bond donors (Lipinski definition) is 2. The standard InChI is InChI=1S/C23H21FN2O4/c1-29-17-7-8-19-20(13-25-12-18-6-3-9-30-18)22(23(27)28)26(21(19)11-17)14-15-4-2-5-16(24)10-15/h2-11,25H,12-14H2,1H3,(H,27,28). The van der Waals surface area contributed by atoms with Gasteiger partial charge in [-0.05, 0) is 42.0 Å². The van der Waals surface area contributed by atoms with Gasteiger partial charge in [-0.1, -0.05) is 12.1 Å². The molecule has 6 nitrogen and oxygen atoms in total. The van der Waals surface area contributed by atoms with E-state index < -0.39 is 5.97 Å².